The van der Waals surface area contributed by atoms with Crippen LogP contribution in [0.5, 0.6) is 17.4 Å². The molecule has 1 fully saturated rings. The van der Waals surface area contributed by atoms with Crippen molar-refractivity contribution in [3.63, 3.8) is 0 Å². The van der Waals surface area contributed by atoms with Gasteiger partial charge in [0.2, 0.25) is 5.88 Å². The maximum atomic E-state index is 12.7. The largest absolute Gasteiger partial charge is 0.490 e. The van der Waals surface area contributed by atoms with Gasteiger partial charge in [-0.05, 0) is 36.4 Å². The molecule has 6 nitrogen and oxygen atoms in total. The number of aromatic nitrogens is 2. The molecular formula is C22H20ClN3O3. The second kappa shape index (κ2) is 8.92. The summed E-state index contributed by atoms with van der Waals surface area (Å²) in [7, 11) is 0. The van der Waals surface area contributed by atoms with E-state index in [1.54, 1.807) is 17.0 Å². The van der Waals surface area contributed by atoms with Crippen LogP contribution in [-0.2, 0) is 0 Å². The van der Waals surface area contributed by atoms with Crippen LogP contribution in [0.2, 0.25) is 5.02 Å². The molecule has 7 heteroatoms. The van der Waals surface area contributed by atoms with Crippen LogP contribution in [0.3, 0.4) is 0 Å². The number of rotatable bonds is 5. The van der Waals surface area contributed by atoms with E-state index in [0.29, 0.717) is 35.4 Å². The number of hydrogen-bond acceptors (Lipinski definition) is 5. The number of hydrogen-bond donors (Lipinski definition) is 0. The van der Waals surface area contributed by atoms with Crippen LogP contribution in [0.25, 0.3) is 0 Å². The van der Waals surface area contributed by atoms with Gasteiger partial charge in [-0.25, -0.2) is 9.97 Å². The summed E-state index contributed by atoms with van der Waals surface area (Å²) in [5.41, 5.74) is 0.308. The average molecular weight is 410 g/mol. The molecule has 0 unspecified atom stereocenters. The van der Waals surface area contributed by atoms with Crippen LogP contribution in [0.1, 0.15) is 23.3 Å². The highest BCUT2D eigenvalue weighted by molar-refractivity contribution is 6.30. The highest BCUT2D eigenvalue weighted by Crippen LogP contribution is 2.22. The average Bonchev–Trinajstić information content (AvgIpc) is 2.77. The Kier molecular flexibility index (Phi) is 5.91. The molecule has 0 N–H and O–H groups in total. The van der Waals surface area contributed by atoms with Gasteiger partial charge in [-0.15, -0.1) is 0 Å². The van der Waals surface area contributed by atoms with E-state index in [2.05, 4.69) is 9.97 Å². The fraction of sp³-hybridized carbons (Fsp3) is 0.227. The molecule has 1 amide bonds. The monoisotopic (exact) mass is 409 g/mol. The van der Waals surface area contributed by atoms with Gasteiger partial charge in [0.25, 0.3) is 5.91 Å². The molecule has 3 aromatic rings. The molecule has 0 saturated carbocycles. The Balaban J connectivity index is 1.30. The smallest absolute Gasteiger partial charge is 0.274 e. The van der Waals surface area contributed by atoms with Gasteiger partial charge < -0.3 is 14.4 Å². The molecule has 0 spiro atoms. The van der Waals surface area contributed by atoms with Gasteiger partial charge in [0.15, 0.2) is 0 Å². The number of ether oxygens (including phenoxy) is 2. The third-order valence-corrected chi connectivity index (χ3v) is 4.91. The third-order valence-electron chi connectivity index (χ3n) is 4.66. The summed E-state index contributed by atoms with van der Waals surface area (Å²) in [4.78, 5) is 22.9. The summed E-state index contributed by atoms with van der Waals surface area (Å²) in [6.45, 7) is 1.22. The molecule has 2 aromatic carbocycles. The summed E-state index contributed by atoms with van der Waals surface area (Å²) in [6.07, 6.45) is 4.52. The molecule has 4 rings (SSSR count). The summed E-state index contributed by atoms with van der Waals surface area (Å²) in [6, 6.07) is 16.6. The Labute approximate surface area is 174 Å². The van der Waals surface area contributed by atoms with Crippen molar-refractivity contribution in [1.29, 1.82) is 0 Å². The lowest BCUT2D eigenvalue weighted by molar-refractivity contribution is 0.0589. The summed E-state index contributed by atoms with van der Waals surface area (Å²) < 4.78 is 11.6. The molecule has 0 bridgehead atoms. The lowest BCUT2D eigenvalue weighted by Gasteiger charge is -2.32. The van der Waals surface area contributed by atoms with E-state index in [1.807, 2.05) is 42.5 Å². The molecule has 1 aliphatic heterocycles. The molecule has 0 atom stereocenters. The van der Waals surface area contributed by atoms with Gasteiger partial charge in [0.1, 0.15) is 23.3 Å². The molecule has 1 aliphatic rings. The Morgan fingerprint density at radius 3 is 2.31 bits per heavy atom. The van der Waals surface area contributed by atoms with Crippen molar-refractivity contribution in [2.75, 3.05) is 13.1 Å². The Morgan fingerprint density at radius 2 is 1.66 bits per heavy atom. The van der Waals surface area contributed by atoms with Crippen molar-refractivity contribution in [2.24, 2.45) is 0 Å². The predicted octanol–water partition coefficient (Wildman–Crippen LogP) is 4.61. The fourth-order valence-corrected chi connectivity index (χ4v) is 3.26. The first-order valence-electron chi connectivity index (χ1n) is 9.44. The van der Waals surface area contributed by atoms with E-state index in [4.69, 9.17) is 21.1 Å². The van der Waals surface area contributed by atoms with Crippen molar-refractivity contribution < 1.29 is 14.3 Å². The van der Waals surface area contributed by atoms with Crippen LogP contribution in [0.4, 0.5) is 0 Å². The highest BCUT2D eigenvalue weighted by Gasteiger charge is 2.25. The quantitative estimate of drug-likeness (QED) is 0.615. The predicted molar refractivity (Wildman–Crippen MR) is 110 cm³/mol. The van der Waals surface area contributed by atoms with Crippen LogP contribution < -0.4 is 9.47 Å². The van der Waals surface area contributed by atoms with Gasteiger partial charge in [0, 0.05) is 31.0 Å². The normalized spacial score (nSPS) is 14.4. The molecule has 148 valence electrons. The lowest BCUT2D eigenvalue weighted by atomic mass is 10.1. The zero-order chi connectivity index (χ0) is 20.1. The standard InChI is InChI=1S/C22H20ClN3O3/c23-16-6-8-18(9-7-16)28-19-10-12-26(13-11-19)22(27)20-14-25-21(15-24-20)29-17-4-2-1-3-5-17/h1-9,14-15,19H,10-13H2. The number of nitrogens with zero attached hydrogens (tertiary/aromatic N) is 3. The first-order valence-corrected chi connectivity index (χ1v) is 9.81. The maximum Gasteiger partial charge on any atom is 0.274 e. The molecule has 0 radical (unpaired) electrons. The van der Waals surface area contributed by atoms with Crippen molar-refractivity contribution in [1.82, 2.24) is 14.9 Å². The summed E-state index contributed by atoms with van der Waals surface area (Å²) in [5.74, 6) is 1.68. The maximum absolute atomic E-state index is 12.7. The minimum Gasteiger partial charge on any atom is -0.490 e. The molecule has 0 aliphatic carbocycles. The molecule has 1 aromatic heterocycles. The number of benzene rings is 2. The summed E-state index contributed by atoms with van der Waals surface area (Å²) >= 11 is 5.90. The summed E-state index contributed by atoms with van der Waals surface area (Å²) in [5, 5.41) is 0.680. The van der Waals surface area contributed by atoms with Gasteiger partial charge >= 0.3 is 0 Å². The second-order valence-corrected chi connectivity index (χ2v) is 7.15. The van der Waals surface area contributed by atoms with E-state index < -0.39 is 0 Å². The zero-order valence-electron chi connectivity index (χ0n) is 15.7. The third kappa shape index (κ3) is 5.03. The van der Waals surface area contributed by atoms with Gasteiger partial charge in [-0.2, -0.15) is 0 Å². The topological polar surface area (TPSA) is 64.5 Å². The SMILES string of the molecule is O=C(c1cnc(Oc2ccccc2)cn1)N1CCC(Oc2ccc(Cl)cc2)CC1. The van der Waals surface area contributed by atoms with Gasteiger partial charge in [-0.1, -0.05) is 29.8 Å². The van der Waals surface area contributed by atoms with Crippen molar-refractivity contribution >= 4 is 17.5 Å². The Morgan fingerprint density at radius 1 is 0.931 bits per heavy atom. The van der Waals surface area contributed by atoms with Crippen molar-refractivity contribution in [2.45, 2.75) is 18.9 Å². The van der Waals surface area contributed by atoms with E-state index in [1.165, 1.54) is 12.4 Å². The lowest BCUT2D eigenvalue weighted by Crippen LogP contribution is -2.42. The number of carbonyl (C=O) groups excluding carboxylic acids is 1. The molecule has 2 heterocycles. The molecular weight excluding hydrogens is 390 g/mol. The number of amides is 1. The van der Waals surface area contributed by atoms with Crippen LogP contribution in [0.15, 0.2) is 67.0 Å². The number of halogens is 1. The van der Waals surface area contributed by atoms with Crippen LogP contribution in [0, 0.1) is 0 Å². The Bertz CT molecular complexity index is 941. The van der Waals surface area contributed by atoms with E-state index >= 15 is 0 Å². The fourth-order valence-electron chi connectivity index (χ4n) is 3.13. The van der Waals surface area contributed by atoms with Crippen LogP contribution >= 0.6 is 11.6 Å². The van der Waals surface area contributed by atoms with E-state index in [0.717, 1.165) is 18.6 Å². The number of carbonyl (C=O) groups is 1. The first kappa shape index (κ1) is 19.2. The second-order valence-electron chi connectivity index (χ2n) is 6.72. The first-order chi connectivity index (χ1) is 14.2. The molecule has 1 saturated heterocycles. The minimum atomic E-state index is -0.131. The van der Waals surface area contributed by atoms with Crippen molar-refractivity contribution in [3.8, 4) is 17.4 Å². The minimum absolute atomic E-state index is 0.0768. The Hall–Kier alpha value is -3.12. The number of para-hydroxylation sites is 1. The van der Waals surface area contributed by atoms with E-state index in [-0.39, 0.29) is 12.0 Å². The van der Waals surface area contributed by atoms with Crippen molar-refractivity contribution in [3.05, 3.63) is 77.7 Å². The van der Waals surface area contributed by atoms with Gasteiger partial charge in [0.05, 0.1) is 12.4 Å². The highest BCUT2D eigenvalue weighted by atomic mass is 35.5. The zero-order valence-corrected chi connectivity index (χ0v) is 16.5. The van der Waals surface area contributed by atoms with Gasteiger partial charge in [-0.3, -0.25) is 4.79 Å². The molecule has 29 heavy (non-hydrogen) atoms. The van der Waals surface area contributed by atoms with Crippen LogP contribution in [-0.4, -0.2) is 40.0 Å². The number of piperidine rings is 1. The van der Waals surface area contributed by atoms with E-state index in [9.17, 15) is 4.79 Å². The number of likely N-dealkylation sites (tertiary alicyclic amines) is 1.